The molecular weight excluding hydrogens is 386 g/mol. The molecule has 154 valence electrons. The summed E-state index contributed by atoms with van der Waals surface area (Å²) in [5, 5.41) is 0. The number of sulfonamides is 1. The number of benzene rings is 1. The molecule has 2 aliphatic heterocycles. The second-order valence-electron chi connectivity index (χ2n) is 8.30. The number of carbonyl (C=O) groups is 1. The molecule has 0 bridgehead atoms. The van der Waals surface area contributed by atoms with Crippen LogP contribution in [0.2, 0.25) is 0 Å². The minimum Gasteiger partial charge on any atom is -0.310 e. The van der Waals surface area contributed by atoms with E-state index >= 15 is 0 Å². The second kappa shape index (κ2) is 7.54. The van der Waals surface area contributed by atoms with Gasteiger partial charge in [-0.05, 0) is 49.4 Å². The summed E-state index contributed by atoms with van der Waals surface area (Å²) in [5.74, 6) is 0.453. The van der Waals surface area contributed by atoms with Crippen molar-refractivity contribution in [1.82, 2.24) is 9.29 Å². The summed E-state index contributed by atoms with van der Waals surface area (Å²) in [6.45, 7) is 5.60. The van der Waals surface area contributed by atoms with Crippen molar-refractivity contribution < 1.29 is 13.2 Å². The fraction of sp³-hybridized carbons (Fsp3) is 0.455. The Kier molecular flexibility index (Phi) is 5.21. The van der Waals surface area contributed by atoms with Crippen molar-refractivity contribution in [3.05, 3.63) is 54.4 Å². The standard InChI is InChI=1S/C22H27N3O3S/c1-17(2)20-9-8-18(16-23-20)25-15-12-22(21(25)26)10-13-24(14-11-22)29(27,28)19-6-4-3-5-7-19/h3-9,16-17H,10-15H2,1-2H3. The topological polar surface area (TPSA) is 70.6 Å². The molecule has 29 heavy (non-hydrogen) atoms. The molecule has 0 radical (unpaired) electrons. The van der Waals surface area contributed by atoms with Crippen molar-refractivity contribution in [2.75, 3.05) is 24.5 Å². The van der Waals surface area contributed by atoms with Gasteiger partial charge >= 0.3 is 0 Å². The highest BCUT2D eigenvalue weighted by Gasteiger charge is 2.49. The first kappa shape index (κ1) is 20.0. The number of amides is 1. The van der Waals surface area contributed by atoms with Gasteiger partial charge in [0, 0.05) is 25.3 Å². The summed E-state index contributed by atoms with van der Waals surface area (Å²) >= 11 is 0. The Morgan fingerprint density at radius 2 is 1.62 bits per heavy atom. The smallest absolute Gasteiger partial charge is 0.243 e. The van der Waals surface area contributed by atoms with Gasteiger partial charge in [0.1, 0.15) is 0 Å². The molecule has 0 atom stereocenters. The average Bonchev–Trinajstić information content (AvgIpc) is 3.05. The highest BCUT2D eigenvalue weighted by molar-refractivity contribution is 7.89. The number of hydrogen-bond donors (Lipinski definition) is 0. The van der Waals surface area contributed by atoms with E-state index in [1.807, 2.05) is 17.0 Å². The predicted molar refractivity (Wildman–Crippen MR) is 112 cm³/mol. The van der Waals surface area contributed by atoms with E-state index < -0.39 is 15.4 Å². The minimum atomic E-state index is -3.51. The number of pyridine rings is 1. The van der Waals surface area contributed by atoms with Crippen molar-refractivity contribution in [2.24, 2.45) is 5.41 Å². The van der Waals surface area contributed by atoms with Crippen molar-refractivity contribution >= 4 is 21.6 Å². The van der Waals surface area contributed by atoms with Gasteiger partial charge in [-0.3, -0.25) is 9.78 Å². The third kappa shape index (κ3) is 3.57. The minimum absolute atomic E-state index is 0.105. The van der Waals surface area contributed by atoms with Crippen LogP contribution in [0.25, 0.3) is 0 Å². The third-order valence-electron chi connectivity index (χ3n) is 6.25. The maximum absolute atomic E-state index is 13.3. The molecule has 1 aromatic heterocycles. The number of aromatic nitrogens is 1. The van der Waals surface area contributed by atoms with Gasteiger partial charge in [-0.15, -0.1) is 0 Å². The maximum atomic E-state index is 13.3. The monoisotopic (exact) mass is 413 g/mol. The lowest BCUT2D eigenvalue weighted by Gasteiger charge is -2.37. The van der Waals surface area contributed by atoms with E-state index in [-0.39, 0.29) is 5.91 Å². The Morgan fingerprint density at radius 1 is 0.966 bits per heavy atom. The molecule has 6 nitrogen and oxygen atoms in total. The lowest BCUT2D eigenvalue weighted by Crippen LogP contribution is -2.46. The largest absolute Gasteiger partial charge is 0.310 e. The molecule has 0 N–H and O–H groups in total. The summed E-state index contributed by atoms with van der Waals surface area (Å²) < 4.78 is 27.3. The first-order valence-electron chi connectivity index (χ1n) is 10.2. The number of anilines is 1. The van der Waals surface area contributed by atoms with Crippen molar-refractivity contribution in [2.45, 2.75) is 43.9 Å². The van der Waals surface area contributed by atoms with Crippen LogP contribution < -0.4 is 4.90 Å². The molecule has 0 saturated carbocycles. The Labute approximate surface area is 172 Å². The number of carbonyl (C=O) groups excluding carboxylic acids is 1. The summed E-state index contributed by atoms with van der Waals surface area (Å²) in [6, 6.07) is 12.5. The molecule has 2 saturated heterocycles. The van der Waals surface area contributed by atoms with Crippen LogP contribution in [0.5, 0.6) is 0 Å². The van der Waals surface area contributed by atoms with E-state index in [9.17, 15) is 13.2 Å². The van der Waals surface area contributed by atoms with Crippen LogP contribution in [0.15, 0.2) is 53.6 Å². The normalized spacial score (nSPS) is 20.0. The second-order valence-corrected chi connectivity index (χ2v) is 10.2. The summed E-state index contributed by atoms with van der Waals surface area (Å²) in [4.78, 5) is 19.9. The van der Waals surface area contributed by atoms with E-state index in [1.165, 1.54) is 4.31 Å². The molecule has 7 heteroatoms. The Morgan fingerprint density at radius 3 is 2.21 bits per heavy atom. The Hall–Kier alpha value is -2.25. The zero-order chi connectivity index (χ0) is 20.6. The molecule has 4 rings (SSSR count). The van der Waals surface area contributed by atoms with Crippen LogP contribution in [-0.4, -0.2) is 43.2 Å². The number of nitrogens with zero attached hydrogens (tertiary/aromatic N) is 3. The van der Waals surface area contributed by atoms with E-state index in [0.29, 0.717) is 43.3 Å². The van der Waals surface area contributed by atoms with Gasteiger partial charge in [0.2, 0.25) is 15.9 Å². The number of rotatable bonds is 4. The first-order valence-corrected chi connectivity index (χ1v) is 11.6. The summed E-state index contributed by atoms with van der Waals surface area (Å²) in [5.41, 5.74) is 1.38. The van der Waals surface area contributed by atoms with Crippen molar-refractivity contribution in [3.8, 4) is 0 Å². The molecule has 1 amide bonds. The molecule has 3 heterocycles. The SMILES string of the molecule is CC(C)c1ccc(N2CCC3(CCN(S(=O)(=O)c4ccccc4)CC3)C2=O)cn1. The molecule has 1 spiro atoms. The van der Waals surface area contributed by atoms with Crippen LogP contribution in [0.1, 0.15) is 44.7 Å². The fourth-order valence-corrected chi connectivity index (χ4v) is 5.79. The Bertz CT molecular complexity index is 980. The first-order chi connectivity index (χ1) is 13.8. The van der Waals surface area contributed by atoms with Crippen molar-refractivity contribution in [1.29, 1.82) is 0 Å². The van der Waals surface area contributed by atoms with Gasteiger partial charge in [-0.2, -0.15) is 4.31 Å². The molecule has 2 aliphatic rings. The lowest BCUT2D eigenvalue weighted by molar-refractivity contribution is -0.127. The highest BCUT2D eigenvalue weighted by Crippen LogP contribution is 2.43. The van der Waals surface area contributed by atoms with Crippen molar-refractivity contribution in [3.63, 3.8) is 0 Å². The van der Waals surface area contributed by atoms with Crippen LogP contribution >= 0.6 is 0 Å². The quantitative estimate of drug-likeness (QED) is 0.770. The highest BCUT2D eigenvalue weighted by atomic mass is 32.2. The van der Waals surface area contributed by atoms with Gasteiger partial charge in [-0.25, -0.2) is 8.42 Å². The predicted octanol–water partition coefficient (Wildman–Crippen LogP) is 3.41. The van der Waals surface area contributed by atoms with Gasteiger partial charge in [-0.1, -0.05) is 32.0 Å². The molecule has 0 unspecified atom stereocenters. The van der Waals surface area contributed by atoms with E-state index in [0.717, 1.165) is 17.8 Å². The van der Waals surface area contributed by atoms with Crippen LogP contribution in [-0.2, 0) is 14.8 Å². The molecule has 1 aromatic carbocycles. The maximum Gasteiger partial charge on any atom is 0.243 e. The average molecular weight is 414 g/mol. The summed E-state index contributed by atoms with van der Waals surface area (Å²) in [6.07, 6.45) is 3.66. The zero-order valence-electron chi connectivity index (χ0n) is 16.9. The zero-order valence-corrected chi connectivity index (χ0v) is 17.7. The van der Waals surface area contributed by atoms with Gasteiger partial charge in [0.15, 0.2) is 0 Å². The molecule has 0 aliphatic carbocycles. The number of hydrogen-bond acceptors (Lipinski definition) is 4. The van der Waals surface area contributed by atoms with Crippen LogP contribution in [0.3, 0.4) is 0 Å². The van der Waals surface area contributed by atoms with E-state index in [4.69, 9.17) is 0 Å². The molecule has 2 fully saturated rings. The lowest BCUT2D eigenvalue weighted by atomic mass is 9.77. The molecular formula is C22H27N3O3S. The molecule has 2 aromatic rings. The third-order valence-corrected chi connectivity index (χ3v) is 8.16. The van der Waals surface area contributed by atoms with Crippen LogP contribution in [0, 0.1) is 5.41 Å². The van der Waals surface area contributed by atoms with Crippen LogP contribution in [0.4, 0.5) is 5.69 Å². The van der Waals surface area contributed by atoms with Gasteiger partial charge in [0.05, 0.1) is 22.2 Å². The fourth-order valence-electron chi connectivity index (χ4n) is 4.33. The van der Waals surface area contributed by atoms with Gasteiger partial charge in [0.25, 0.3) is 0 Å². The Balaban J connectivity index is 1.47. The van der Waals surface area contributed by atoms with E-state index in [1.54, 1.807) is 36.5 Å². The summed E-state index contributed by atoms with van der Waals surface area (Å²) in [7, 11) is -3.51. The number of piperidine rings is 1. The van der Waals surface area contributed by atoms with Gasteiger partial charge < -0.3 is 4.90 Å². The van der Waals surface area contributed by atoms with E-state index in [2.05, 4.69) is 18.8 Å².